The van der Waals surface area contributed by atoms with E-state index < -0.39 is 24.3 Å². The molecule has 0 radical (unpaired) electrons. The average molecular weight is 432 g/mol. The Morgan fingerprint density at radius 1 is 1.06 bits per heavy atom. The zero-order valence-electron chi connectivity index (χ0n) is 17.1. The molecular weight excluding hydrogens is 412 g/mol. The molecule has 0 aliphatic rings. The molecule has 32 heavy (non-hydrogen) atoms. The highest BCUT2D eigenvalue weighted by Crippen LogP contribution is 2.35. The van der Waals surface area contributed by atoms with Gasteiger partial charge in [-0.3, -0.25) is 5.32 Å². The number of methoxy groups -OCH3 is 1. The third kappa shape index (κ3) is 5.22. The lowest BCUT2D eigenvalue weighted by Crippen LogP contribution is -2.27. The quantitative estimate of drug-likeness (QED) is 0.473. The molecular formula is C24H20N2O6. The van der Waals surface area contributed by atoms with Crippen molar-refractivity contribution >= 4 is 28.5 Å². The zero-order chi connectivity index (χ0) is 23.1. The smallest absolute Gasteiger partial charge is 0.412 e. The van der Waals surface area contributed by atoms with Crippen molar-refractivity contribution < 1.29 is 29.3 Å². The van der Waals surface area contributed by atoms with Crippen molar-refractivity contribution in [3.8, 4) is 11.8 Å². The zero-order valence-corrected chi connectivity index (χ0v) is 17.1. The number of anilines is 1. The van der Waals surface area contributed by atoms with Gasteiger partial charge in [-0.1, -0.05) is 30.3 Å². The number of phenols is 1. The van der Waals surface area contributed by atoms with Crippen molar-refractivity contribution in [1.82, 2.24) is 0 Å². The molecule has 2 atom stereocenters. The van der Waals surface area contributed by atoms with Gasteiger partial charge in [0.2, 0.25) is 0 Å². The largest absolute Gasteiger partial charge is 0.507 e. The Morgan fingerprint density at radius 3 is 2.38 bits per heavy atom. The SMILES string of the molecule is CO[C@@H](/C=C/C(=O)O)[C@@H](OC(=O)Nc1ccc(C#N)cc1)c1ccc(O)c2ccccc12. The molecule has 8 nitrogen and oxygen atoms in total. The van der Waals surface area contributed by atoms with Crippen LogP contribution in [0, 0.1) is 11.3 Å². The number of carbonyl (C=O) groups is 2. The summed E-state index contributed by atoms with van der Waals surface area (Å²) < 4.78 is 11.1. The summed E-state index contributed by atoms with van der Waals surface area (Å²) in [5.74, 6) is -1.12. The van der Waals surface area contributed by atoms with E-state index in [1.165, 1.54) is 19.3 Å². The number of carbonyl (C=O) groups excluding carboxylic acids is 1. The molecule has 0 aliphatic carbocycles. The predicted molar refractivity (Wildman–Crippen MR) is 117 cm³/mol. The Labute approximate surface area is 183 Å². The average Bonchev–Trinajstić information content (AvgIpc) is 2.79. The summed E-state index contributed by atoms with van der Waals surface area (Å²) in [4.78, 5) is 23.7. The highest BCUT2D eigenvalue weighted by Gasteiger charge is 2.28. The Kier molecular flexibility index (Phi) is 7.06. The number of fused-ring (bicyclic) bond motifs is 1. The topological polar surface area (TPSA) is 129 Å². The van der Waals surface area contributed by atoms with Gasteiger partial charge in [-0.15, -0.1) is 0 Å². The minimum absolute atomic E-state index is 0.0557. The van der Waals surface area contributed by atoms with Crippen LogP contribution in [0.1, 0.15) is 17.2 Å². The van der Waals surface area contributed by atoms with Gasteiger partial charge < -0.3 is 19.7 Å². The van der Waals surface area contributed by atoms with E-state index in [0.717, 1.165) is 6.08 Å². The van der Waals surface area contributed by atoms with Gasteiger partial charge in [0.1, 0.15) is 11.9 Å². The van der Waals surface area contributed by atoms with E-state index in [4.69, 9.17) is 19.8 Å². The lowest BCUT2D eigenvalue weighted by atomic mass is 9.96. The van der Waals surface area contributed by atoms with Crippen LogP contribution < -0.4 is 5.32 Å². The molecule has 162 valence electrons. The van der Waals surface area contributed by atoms with Crippen molar-refractivity contribution in [3.05, 3.63) is 83.9 Å². The highest BCUT2D eigenvalue weighted by atomic mass is 16.6. The molecule has 8 heteroatoms. The van der Waals surface area contributed by atoms with E-state index in [9.17, 15) is 14.7 Å². The van der Waals surface area contributed by atoms with Crippen molar-refractivity contribution in [2.45, 2.75) is 12.2 Å². The normalized spacial score (nSPS) is 12.8. The van der Waals surface area contributed by atoms with Crippen LogP contribution in [0.4, 0.5) is 10.5 Å². The van der Waals surface area contributed by atoms with Crippen molar-refractivity contribution in [2.24, 2.45) is 0 Å². The molecule has 0 saturated carbocycles. The number of nitriles is 1. The summed E-state index contributed by atoms with van der Waals surface area (Å²) in [7, 11) is 1.37. The number of hydrogen-bond donors (Lipinski definition) is 3. The Bertz CT molecular complexity index is 1200. The maximum absolute atomic E-state index is 12.7. The molecule has 0 aliphatic heterocycles. The maximum Gasteiger partial charge on any atom is 0.412 e. The van der Waals surface area contributed by atoms with E-state index in [-0.39, 0.29) is 5.75 Å². The molecule has 0 fully saturated rings. The van der Waals surface area contributed by atoms with Crippen LogP contribution in [0.15, 0.2) is 72.8 Å². The number of benzene rings is 3. The number of nitrogens with zero attached hydrogens (tertiary/aromatic N) is 1. The number of rotatable bonds is 7. The minimum Gasteiger partial charge on any atom is -0.507 e. The van der Waals surface area contributed by atoms with Crippen LogP contribution in [0.3, 0.4) is 0 Å². The Balaban J connectivity index is 1.97. The first kappa shape index (κ1) is 22.3. The van der Waals surface area contributed by atoms with Gasteiger partial charge in [-0.05, 0) is 41.8 Å². The number of aliphatic carboxylic acids is 1. The van der Waals surface area contributed by atoms with Gasteiger partial charge in [-0.2, -0.15) is 5.26 Å². The fraction of sp³-hybridized carbons (Fsp3) is 0.125. The van der Waals surface area contributed by atoms with Crippen molar-refractivity contribution in [2.75, 3.05) is 12.4 Å². The summed E-state index contributed by atoms with van der Waals surface area (Å²) in [6.07, 6.45) is -0.567. The molecule has 0 saturated heterocycles. The van der Waals surface area contributed by atoms with Crippen LogP contribution in [-0.4, -0.2) is 35.5 Å². The lowest BCUT2D eigenvalue weighted by Gasteiger charge is -2.25. The standard InChI is InChI=1S/C24H20N2O6/c1-31-21(12-13-22(28)29)23(19-10-11-20(27)18-5-3-2-4-17(18)19)32-24(30)26-16-8-6-15(14-25)7-9-16/h2-13,21,23,27H,1H3,(H,26,30)(H,28,29)/b13-12+/t21-,23-/m0/s1. The van der Waals surface area contributed by atoms with E-state index in [1.807, 2.05) is 6.07 Å². The Hall–Kier alpha value is -4.35. The number of aromatic hydroxyl groups is 1. The second kappa shape index (κ2) is 10.1. The van der Waals surface area contributed by atoms with E-state index in [0.29, 0.717) is 27.6 Å². The number of nitrogens with one attached hydrogen (secondary N) is 1. The molecule has 1 amide bonds. The highest BCUT2D eigenvalue weighted by molar-refractivity contribution is 5.92. The first-order valence-corrected chi connectivity index (χ1v) is 9.55. The second-order valence-corrected chi connectivity index (χ2v) is 6.76. The fourth-order valence-corrected chi connectivity index (χ4v) is 3.23. The summed E-state index contributed by atoms with van der Waals surface area (Å²) in [6.45, 7) is 0. The minimum atomic E-state index is -1.18. The first-order valence-electron chi connectivity index (χ1n) is 9.55. The molecule has 0 heterocycles. The molecule has 0 spiro atoms. The monoisotopic (exact) mass is 432 g/mol. The van der Waals surface area contributed by atoms with Crippen LogP contribution in [-0.2, 0) is 14.3 Å². The van der Waals surface area contributed by atoms with Crippen LogP contribution in [0.5, 0.6) is 5.75 Å². The maximum atomic E-state index is 12.7. The van der Waals surface area contributed by atoms with Gasteiger partial charge in [0.25, 0.3) is 0 Å². The van der Waals surface area contributed by atoms with Crippen LogP contribution >= 0.6 is 0 Å². The summed E-state index contributed by atoms with van der Waals surface area (Å²) in [6, 6.07) is 18.3. The Morgan fingerprint density at radius 2 is 1.75 bits per heavy atom. The third-order valence-electron chi connectivity index (χ3n) is 4.73. The fourth-order valence-electron chi connectivity index (χ4n) is 3.23. The first-order chi connectivity index (χ1) is 15.4. The molecule has 3 rings (SSSR count). The molecule has 0 bridgehead atoms. The third-order valence-corrected chi connectivity index (χ3v) is 4.73. The number of phenolic OH excluding ortho intramolecular Hbond substituents is 1. The van der Waals surface area contributed by atoms with E-state index in [1.54, 1.807) is 54.6 Å². The number of carboxylic acid groups (broad SMARTS) is 1. The summed E-state index contributed by atoms with van der Waals surface area (Å²) in [5, 5.41) is 31.9. The molecule has 0 unspecified atom stereocenters. The number of ether oxygens (including phenoxy) is 2. The second-order valence-electron chi connectivity index (χ2n) is 6.76. The molecule has 3 aromatic rings. The predicted octanol–water partition coefficient (Wildman–Crippen LogP) is 4.36. The van der Waals surface area contributed by atoms with Gasteiger partial charge >= 0.3 is 12.1 Å². The molecule has 3 N–H and O–H groups in total. The van der Waals surface area contributed by atoms with Gasteiger partial charge in [0, 0.05) is 29.8 Å². The van der Waals surface area contributed by atoms with Gasteiger partial charge in [0.15, 0.2) is 6.10 Å². The summed E-state index contributed by atoms with van der Waals surface area (Å²) in [5.41, 5.74) is 1.38. The number of hydrogen-bond acceptors (Lipinski definition) is 6. The van der Waals surface area contributed by atoms with Gasteiger partial charge in [-0.25, -0.2) is 9.59 Å². The summed E-state index contributed by atoms with van der Waals surface area (Å²) >= 11 is 0. The van der Waals surface area contributed by atoms with E-state index in [2.05, 4.69) is 5.32 Å². The van der Waals surface area contributed by atoms with E-state index >= 15 is 0 Å². The number of carboxylic acids is 1. The molecule has 0 aromatic heterocycles. The van der Waals surface area contributed by atoms with Crippen LogP contribution in [0.25, 0.3) is 10.8 Å². The lowest BCUT2D eigenvalue weighted by molar-refractivity contribution is -0.131. The number of amides is 1. The van der Waals surface area contributed by atoms with Crippen molar-refractivity contribution in [3.63, 3.8) is 0 Å². The van der Waals surface area contributed by atoms with Crippen molar-refractivity contribution in [1.29, 1.82) is 5.26 Å². The van der Waals surface area contributed by atoms with Gasteiger partial charge in [0.05, 0.1) is 11.6 Å². The van der Waals surface area contributed by atoms with Crippen LogP contribution in [0.2, 0.25) is 0 Å². The molecule has 3 aromatic carbocycles.